The molecule has 68 heavy (non-hydrogen) atoms. The minimum absolute atomic E-state index is 0.0544. The maximum absolute atomic E-state index is 14.1. The van der Waals surface area contributed by atoms with E-state index in [0.29, 0.717) is 16.6 Å². The molecule has 1 saturated heterocycles. The van der Waals surface area contributed by atoms with Gasteiger partial charge in [-0.25, -0.2) is 23.1 Å². The number of aromatic nitrogens is 2. The zero-order valence-corrected chi connectivity index (χ0v) is 40.6. The molecule has 3 aliphatic rings. The largest absolute Gasteiger partial charge is 0.490 e. The molecule has 0 saturated carbocycles. The van der Waals surface area contributed by atoms with Crippen molar-refractivity contribution in [3.8, 4) is 21.6 Å². The number of benzene rings is 3. The quantitative estimate of drug-likeness (QED) is 0.0355. The summed E-state index contributed by atoms with van der Waals surface area (Å²) in [6, 6.07) is 20.1. The van der Waals surface area contributed by atoms with E-state index >= 15 is 0 Å². The van der Waals surface area contributed by atoms with Crippen molar-refractivity contribution in [3.63, 3.8) is 0 Å². The van der Waals surface area contributed by atoms with Crippen LogP contribution in [-0.2, 0) is 36.4 Å². The highest BCUT2D eigenvalue weighted by molar-refractivity contribution is 7.66. The summed E-state index contributed by atoms with van der Waals surface area (Å²) >= 11 is 1.69. The number of hydrogen-bond donors (Lipinski definition) is 8. The molecule has 23 nitrogen and oxygen atoms in total. The van der Waals surface area contributed by atoms with Gasteiger partial charge in [-0.3, -0.25) is 28.5 Å². The van der Waals surface area contributed by atoms with Crippen LogP contribution in [0.2, 0.25) is 0 Å². The molecule has 0 radical (unpaired) electrons. The van der Waals surface area contributed by atoms with Gasteiger partial charge in [-0.05, 0) is 41.8 Å². The summed E-state index contributed by atoms with van der Waals surface area (Å²) in [7, 11) is -7.50. The third-order valence-corrected chi connectivity index (χ3v) is 15.4. The third-order valence-electron chi connectivity index (χ3n) is 10.5. The molecule has 2 aliphatic heterocycles. The highest BCUT2D eigenvalue weighted by Crippen LogP contribution is 2.66. The van der Waals surface area contributed by atoms with Crippen LogP contribution < -0.4 is 31.4 Å². The molecule has 3 aromatic rings. The molecule has 27 heteroatoms. The van der Waals surface area contributed by atoms with E-state index < -0.39 is 65.9 Å². The molecule has 0 spiro atoms. The van der Waals surface area contributed by atoms with Gasteiger partial charge in [-0.15, -0.1) is 11.3 Å². The van der Waals surface area contributed by atoms with Crippen molar-refractivity contribution in [2.45, 2.75) is 37.4 Å². The standard InChI is InChI=1S/C41H49N6O17P3S/c1-44(2)25-14-16-29-32(20-25)68-33-21-26(45(3)4)15-17-30(33)35(29)27-11-6-7-12-28(27)39(52)46(5)19-9-13-34(48)42-18-8-10-24-22-47(41(53)43-38(24)51)40-37(50)36(49)31(62-40)23-61-66(57,58)64-67(59,60)63-65(54,55)56/h6-8,10-12,14-17,20-22,31,36-37,40,49-50H,9,13,18-19,23H2,1-5H3,(H5-,42,43,48,51,53,54,55,56,57,58,59,60)/p+1/b10-8+/t31-,36-,37-,40-/m1/s1. The average Bonchev–Trinajstić information content (AvgIpc) is 3.53. The molecule has 6 atom stereocenters. The second kappa shape index (κ2) is 21.3. The lowest BCUT2D eigenvalue weighted by Gasteiger charge is -2.22. The summed E-state index contributed by atoms with van der Waals surface area (Å²) in [5, 5.41) is 25.8. The van der Waals surface area contributed by atoms with E-state index in [1.807, 2.05) is 60.8 Å². The van der Waals surface area contributed by atoms with Crippen LogP contribution in [0.5, 0.6) is 0 Å². The maximum atomic E-state index is 14.1. The van der Waals surface area contributed by atoms with Crippen molar-refractivity contribution in [1.29, 1.82) is 0 Å². The highest BCUT2D eigenvalue weighted by atomic mass is 32.1. The van der Waals surface area contributed by atoms with Gasteiger partial charge in [0, 0.05) is 90.8 Å². The lowest BCUT2D eigenvalue weighted by molar-refractivity contribution is -0.121. The van der Waals surface area contributed by atoms with Crippen LogP contribution in [0, 0.1) is 0 Å². The fraction of sp³-hybridized carbons (Fsp3) is 0.341. The van der Waals surface area contributed by atoms with Crippen LogP contribution in [0.15, 0.2) is 82.5 Å². The molecule has 1 fully saturated rings. The zero-order valence-electron chi connectivity index (χ0n) is 37.1. The van der Waals surface area contributed by atoms with Gasteiger partial charge in [-0.1, -0.05) is 36.4 Å². The Morgan fingerprint density at radius 2 is 1.66 bits per heavy atom. The number of phosphoric ester groups is 1. The molecular weight excluding hydrogens is 973 g/mol. The first-order chi connectivity index (χ1) is 31.8. The number of rotatable bonds is 18. The minimum Gasteiger partial charge on any atom is -0.387 e. The van der Waals surface area contributed by atoms with Crippen LogP contribution >= 0.6 is 34.8 Å². The van der Waals surface area contributed by atoms with E-state index in [1.54, 1.807) is 29.4 Å². The highest BCUT2D eigenvalue weighted by Gasteiger charge is 2.47. The number of carbonyl (C=O) groups is 2. The van der Waals surface area contributed by atoms with Crippen molar-refractivity contribution in [3.05, 3.63) is 110 Å². The van der Waals surface area contributed by atoms with Crippen molar-refractivity contribution in [1.82, 2.24) is 24.3 Å². The first-order valence-corrected chi connectivity index (χ1v) is 25.8. The lowest BCUT2D eigenvalue weighted by Crippen LogP contribution is -2.38. The Hall–Kier alpha value is -5.00. The number of carbonyl (C=O) groups excluding carboxylic acids is 2. The Bertz CT molecular complexity index is 3060. The first kappa shape index (κ1) is 52.4. The summed E-state index contributed by atoms with van der Waals surface area (Å²) in [4.78, 5) is 95.4. The van der Waals surface area contributed by atoms with Crippen LogP contribution in [0.4, 0.5) is 5.69 Å². The number of aliphatic hydroxyl groups excluding tert-OH is 2. The van der Waals surface area contributed by atoms with Gasteiger partial charge in [0.05, 0.1) is 12.2 Å². The summed E-state index contributed by atoms with van der Waals surface area (Å²) in [5.74, 6) is -0.575. The Kier molecular flexibility index (Phi) is 16.4. The van der Waals surface area contributed by atoms with Crippen LogP contribution in [0.25, 0.3) is 37.7 Å². The van der Waals surface area contributed by atoms with Crippen molar-refractivity contribution < 1.29 is 71.0 Å². The Labute approximate surface area is 391 Å². The van der Waals surface area contributed by atoms with Gasteiger partial charge >= 0.3 is 29.2 Å². The van der Waals surface area contributed by atoms with E-state index in [-0.39, 0.29) is 36.9 Å². The van der Waals surface area contributed by atoms with E-state index in [1.165, 1.54) is 12.2 Å². The van der Waals surface area contributed by atoms with Gasteiger partial charge in [0.2, 0.25) is 11.3 Å². The van der Waals surface area contributed by atoms with E-state index in [0.717, 1.165) is 48.9 Å². The molecule has 366 valence electrons. The Morgan fingerprint density at radius 1 is 0.941 bits per heavy atom. The average molecular weight is 1020 g/mol. The molecule has 1 aliphatic carbocycles. The van der Waals surface area contributed by atoms with Crippen LogP contribution in [0.1, 0.15) is 35.0 Å². The molecule has 2 aromatic carbocycles. The topological polar surface area (TPSA) is 320 Å². The minimum atomic E-state index is -5.84. The van der Waals surface area contributed by atoms with E-state index in [2.05, 4.69) is 54.9 Å². The summed E-state index contributed by atoms with van der Waals surface area (Å²) < 4.78 is 55.5. The number of aliphatic hydroxyl groups is 2. The number of nitrogens with zero attached hydrogens (tertiary/aromatic N) is 4. The summed E-state index contributed by atoms with van der Waals surface area (Å²) in [6.45, 7) is -0.938. The number of ether oxygens (including phenoxy) is 1. The third kappa shape index (κ3) is 12.8. The number of nitrogens with one attached hydrogen (secondary N) is 2. The second-order valence-corrected chi connectivity index (χ2v) is 21.4. The van der Waals surface area contributed by atoms with Crippen molar-refractivity contribution in [2.24, 2.45) is 0 Å². The molecule has 0 bridgehead atoms. The SMILES string of the molecule is CN(CCCC(=O)NC/C=C/c1cn([C@@H]2O[C@H](COP(=O)(O)OP(=O)(O)OP(=O)(O)O)[C@@H](O)[C@H]2O)c(=O)[nH]c1=O)C(=O)c1ccccc1-c1c2ccc(=[N+](C)C)cc-2sc2cc(N(C)C)ccc12. The Morgan fingerprint density at radius 3 is 2.35 bits per heavy atom. The monoisotopic (exact) mass is 1020 g/mol. The van der Waals surface area contributed by atoms with Gasteiger partial charge in [-0.2, -0.15) is 8.62 Å². The fourth-order valence-electron chi connectivity index (χ4n) is 7.21. The number of fused-ring (bicyclic) bond motifs is 2. The van der Waals surface area contributed by atoms with E-state index in [4.69, 9.17) is 14.5 Å². The molecule has 2 amide bonds. The van der Waals surface area contributed by atoms with Crippen molar-refractivity contribution >= 4 is 68.5 Å². The summed E-state index contributed by atoms with van der Waals surface area (Å²) in [5.41, 5.74) is 2.17. The molecule has 8 N–H and O–H groups in total. The Balaban J connectivity index is 1.06. The zero-order chi connectivity index (χ0) is 49.9. The molecule has 3 heterocycles. The molecule has 1 aromatic heterocycles. The maximum Gasteiger partial charge on any atom is 0.490 e. The predicted molar refractivity (Wildman–Crippen MR) is 251 cm³/mol. The molecule has 6 rings (SSSR count). The summed E-state index contributed by atoms with van der Waals surface area (Å²) in [6.07, 6.45) is -3.25. The lowest BCUT2D eigenvalue weighted by atomic mass is 9.91. The smallest absolute Gasteiger partial charge is 0.387 e. The number of aromatic amines is 1. The second-order valence-electron chi connectivity index (χ2n) is 15.9. The number of phosphoric acid groups is 3. The van der Waals surface area contributed by atoms with Gasteiger partial charge in [0.25, 0.3) is 11.5 Å². The van der Waals surface area contributed by atoms with Crippen LogP contribution in [-0.4, -0.2) is 129 Å². The van der Waals surface area contributed by atoms with E-state index in [9.17, 15) is 52.9 Å². The number of H-pyrrole nitrogens is 1. The van der Waals surface area contributed by atoms with Gasteiger partial charge < -0.3 is 49.6 Å². The molecular formula is C41H50N6O17P3S+. The number of anilines is 1. The predicted octanol–water partition coefficient (Wildman–Crippen LogP) is 2.27. The van der Waals surface area contributed by atoms with Gasteiger partial charge in [0.1, 0.15) is 32.4 Å². The number of amides is 2. The van der Waals surface area contributed by atoms with Gasteiger partial charge in [0.15, 0.2) is 6.23 Å². The van der Waals surface area contributed by atoms with Crippen LogP contribution in [0.3, 0.4) is 0 Å². The normalized spacial score (nSPS) is 19.2. The number of hydrogen-bond acceptors (Lipinski definition) is 15. The first-order valence-electron chi connectivity index (χ1n) is 20.5. The fourth-order valence-corrected chi connectivity index (χ4v) is 11.4. The molecule has 2 unspecified atom stereocenters. The van der Waals surface area contributed by atoms with Crippen molar-refractivity contribution in [2.75, 3.05) is 59.8 Å².